The van der Waals surface area contributed by atoms with Gasteiger partial charge in [0.1, 0.15) is 6.61 Å². The van der Waals surface area contributed by atoms with Gasteiger partial charge in [-0.25, -0.2) is 0 Å². The molecular formula is C13H26NO4PSi. The van der Waals surface area contributed by atoms with Crippen molar-refractivity contribution < 1.29 is 18.3 Å². The first kappa shape index (κ1) is 16.2. The van der Waals surface area contributed by atoms with Gasteiger partial charge in [-0.2, -0.15) is 0 Å². The summed E-state index contributed by atoms with van der Waals surface area (Å²) in [6.07, 6.45) is 4.30. The van der Waals surface area contributed by atoms with Gasteiger partial charge in [-0.3, -0.25) is 14.3 Å². The topological polar surface area (TPSA) is 55.8 Å². The van der Waals surface area contributed by atoms with Gasteiger partial charge in [0.05, 0.1) is 18.4 Å². The Balaban J connectivity index is 2.10. The fourth-order valence-corrected chi connectivity index (χ4v) is 9.15. The number of piperidine rings is 1. The molecule has 20 heavy (non-hydrogen) atoms. The zero-order chi connectivity index (χ0) is 14.8. The molecule has 5 nitrogen and oxygen atoms in total. The Morgan fingerprint density at radius 2 is 1.95 bits per heavy atom. The summed E-state index contributed by atoms with van der Waals surface area (Å²) in [5.74, 6) is -0.243. The first-order valence-corrected chi connectivity index (χ1v) is 12.7. The zero-order valence-electron chi connectivity index (χ0n) is 12.8. The van der Waals surface area contributed by atoms with E-state index in [0.717, 1.165) is 25.9 Å². The number of hydrogen-bond donors (Lipinski definition) is 0. The molecule has 2 rings (SSSR count). The molecule has 0 bridgehead atoms. The predicted molar refractivity (Wildman–Crippen MR) is 81.7 cm³/mol. The van der Waals surface area contributed by atoms with Crippen LogP contribution in [-0.2, 0) is 18.3 Å². The number of rotatable bonds is 5. The third-order valence-electron chi connectivity index (χ3n) is 3.67. The van der Waals surface area contributed by atoms with E-state index in [-0.39, 0.29) is 24.7 Å². The second-order valence-electron chi connectivity index (χ2n) is 6.79. The molecule has 2 aliphatic rings. The summed E-state index contributed by atoms with van der Waals surface area (Å²) in [5.41, 5.74) is -0.247. The average Bonchev–Trinajstić information content (AvgIpc) is 2.75. The van der Waals surface area contributed by atoms with Crippen LogP contribution in [0.2, 0.25) is 19.6 Å². The van der Waals surface area contributed by atoms with Gasteiger partial charge in [0, 0.05) is 0 Å². The number of carbonyl (C=O) groups is 1. The van der Waals surface area contributed by atoms with E-state index in [9.17, 15) is 9.36 Å². The van der Waals surface area contributed by atoms with E-state index in [0.29, 0.717) is 6.29 Å². The third-order valence-corrected chi connectivity index (χ3v) is 9.34. The van der Waals surface area contributed by atoms with Gasteiger partial charge in [-0.05, 0) is 45.6 Å². The molecule has 0 amide bonds. The number of ether oxygens (including phenoxy) is 1. The number of likely N-dealkylation sites (tertiary alicyclic amines) is 1. The van der Waals surface area contributed by atoms with Crippen LogP contribution in [0.25, 0.3) is 0 Å². The number of esters is 1. The van der Waals surface area contributed by atoms with Crippen molar-refractivity contribution in [1.82, 2.24) is 4.90 Å². The lowest BCUT2D eigenvalue weighted by molar-refractivity contribution is -0.137. The molecule has 2 fully saturated rings. The number of carbonyl (C=O) groups excluding carboxylic acids is 1. The Labute approximate surface area is 122 Å². The van der Waals surface area contributed by atoms with Crippen LogP contribution >= 0.6 is 7.37 Å². The Morgan fingerprint density at radius 3 is 2.45 bits per heavy atom. The van der Waals surface area contributed by atoms with Crippen molar-refractivity contribution in [1.29, 1.82) is 0 Å². The van der Waals surface area contributed by atoms with Gasteiger partial charge in [0.25, 0.3) is 0 Å². The Hall–Kier alpha value is -0.163. The van der Waals surface area contributed by atoms with E-state index >= 15 is 0 Å². The van der Waals surface area contributed by atoms with Crippen molar-refractivity contribution >= 4 is 21.7 Å². The van der Waals surface area contributed by atoms with E-state index in [2.05, 4.69) is 4.90 Å². The summed E-state index contributed by atoms with van der Waals surface area (Å²) >= 11 is 0. The van der Waals surface area contributed by atoms with Crippen molar-refractivity contribution in [2.24, 2.45) is 0 Å². The standard InChI is InChI=1S/C13H26NO4PSi/c1-20(2,3)18-19(16,12-9-13(15)17-10-12)11-14-7-5-4-6-8-14/h12H,4-11H2,1-3H3. The second-order valence-corrected chi connectivity index (χ2v) is 14.2. The highest BCUT2D eigenvalue weighted by molar-refractivity contribution is 7.61. The van der Waals surface area contributed by atoms with Gasteiger partial charge < -0.3 is 8.95 Å². The van der Waals surface area contributed by atoms with E-state index < -0.39 is 15.7 Å². The van der Waals surface area contributed by atoms with Crippen LogP contribution in [0.5, 0.6) is 0 Å². The minimum absolute atomic E-state index is 0.243. The molecular weight excluding hydrogens is 293 g/mol. The minimum Gasteiger partial charge on any atom is -0.465 e. The summed E-state index contributed by atoms with van der Waals surface area (Å²) < 4.78 is 24.5. The molecule has 2 aliphatic heterocycles. The first-order chi connectivity index (χ1) is 9.28. The van der Waals surface area contributed by atoms with Crippen LogP contribution in [0.15, 0.2) is 0 Å². The fraction of sp³-hybridized carbons (Fsp3) is 0.923. The van der Waals surface area contributed by atoms with Crippen LogP contribution in [0.4, 0.5) is 0 Å². The molecule has 7 heteroatoms. The first-order valence-electron chi connectivity index (χ1n) is 7.46. The van der Waals surface area contributed by atoms with Gasteiger partial charge >= 0.3 is 5.97 Å². The normalized spacial score (nSPS) is 28.1. The maximum absolute atomic E-state index is 13.4. The van der Waals surface area contributed by atoms with Crippen molar-refractivity contribution in [3.05, 3.63) is 0 Å². The maximum atomic E-state index is 13.4. The predicted octanol–water partition coefficient (Wildman–Crippen LogP) is 2.87. The lowest BCUT2D eigenvalue weighted by atomic mass is 10.1. The van der Waals surface area contributed by atoms with Crippen LogP contribution in [0, 0.1) is 0 Å². The SMILES string of the molecule is C[Si](C)(C)OP(=O)(CN1CCCCC1)C1COC(=O)C1. The molecule has 0 aromatic carbocycles. The maximum Gasteiger partial charge on any atom is 0.306 e. The van der Waals surface area contributed by atoms with E-state index in [1.807, 2.05) is 19.6 Å². The lowest BCUT2D eigenvalue weighted by Crippen LogP contribution is -2.36. The van der Waals surface area contributed by atoms with Crippen molar-refractivity contribution in [3.8, 4) is 0 Å². The summed E-state index contributed by atoms with van der Waals surface area (Å²) in [5, 5.41) is 0. The molecule has 2 unspecified atom stereocenters. The molecule has 0 saturated carbocycles. The molecule has 0 radical (unpaired) electrons. The van der Waals surface area contributed by atoms with E-state index in [1.165, 1.54) is 6.42 Å². The molecule has 2 saturated heterocycles. The van der Waals surface area contributed by atoms with Crippen molar-refractivity contribution in [2.75, 3.05) is 26.0 Å². The lowest BCUT2D eigenvalue weighted by Gasteiger charge is -2.35. The van der Waals surface area contributed by atoms with Crippen molar-refractivity contribution in [3.63, 3.8) is 0 Å². The van der Waals surface area contributed by atoms with Gasteiger partial charge in [-0.15, -0.1) is 0 Å². The third kappa shape index (κ3) is 4.42. The fourth-order valence-electron chi connectivity index (χ4n) is 2.81. The zero-order valence-corrected chi connectivity index (χ0v) is 14.7. The highest BCUT2D eigenvalue weighted by Gasteiger charge is 2.44. The van der Waals surface area contributed by atoms with Crippen LogP contribution < -0.4 is 0 Å². The number of cyclic esters (lactones) is 1. The van der Waals surface area contributed by atoms with Crippen molar-refractivity contribution in [2.45, 2.75) is 51.0 Å². The summed E-state index contributed by atoms with van der Waals surface area (Å²) in [6, 6.07) is 0. The van der Waals surface area contributed by atoms with Crippen LogP contribution in [0.1, 0.15) is 25.7 Å². The molecule has 0 aliphatic carbocycles. The summed E-state index contributed by atoms with van der Waals surface area (Å²) in [7, 11) is -4.78. The molecule has 0 N–H and O–H groups in total. The highest BCUT2D eigenvalue weighted by atomic mass is 31.2. The highest BCUT2D eigenvalue weighted by Crippen LogP contribution is 2.57. The molecule has 2 atom stereocenters. The monoisotopic (exact) mass is 319 g/mol. The van der Waals surface area contributed by atoms with Crippen LogP contribution in [-0.4, -0.2) is 50.8 Å². The summed E-state index contributed by atoms with van der Waals surface area (Å²) in [6.45, 7) is 8.38. The Bertz CT molecular complexity index is 404. The Kier molecular flexibility index (Phi) is 5.11. The van der Waals surface area contributed by atoms with E-state index in [1.54, 1.807) is 0 Å². The molecule has 0 spiro atoms. The van der Waals surface area contributed by atoms with Gasteiger partial charge in [-0.1, -0.05) is 6.42 Å². The molecule has 0 aromatic rings. The number of nitrogens with zero attached hydrogens (tertiary/aromatic N) is 1. The molecule has 116 valence electrons. The Morgan fingerprint density at radius 1 is 1.30 bits per heavy atom. The van der Waals surface area contributed by atoms with Gasteiger partial charge in [0.15, 0.2) is 8.32 Å². The smallest absolute Gasteiger partial charge is 0.306 e. The second kappa shape index (κ2) is 6.30. The largest absolute Gasteiger partial charge is 0.465 e. The minimum atomic E-state index is -2.85. The van der Waals surface area contributed by atoms with Crippen LogP contribution in [0.3, 0.4) is 0 Å². The number of hydrogen-bond acceptors (Lipinski definition) is 5. The average molecular weight is 319 g/mol. The quantitative estimate of drug-likeness (QED) is 0.443. The molecule has 2 heterocycles. The molecule has 0 aromatic heterocycles. The van der Waals surface area contributed by atoms with E-state index in [4.69, 9.17) is 8.95 Å². The van der Waals surface area contributed by atoms with Gasteiger partial charge in [0.2, 0.25) is 7.37 Å². The summed E-state index contributed by atoms with van der Waals surface area (Å²) in [4.78, 5) is 13.6.